The van der Waals surface area contributed by atoms with E-state index >= 15 is 0 Å². The Labute approximate surface area is 155 Å². The van der Waals surface area contributed by atoms with E-state index in [9.17, 15) is 0 Å². The van der Waals surface area contributed by atoms with E-state index < -0.39 is 0 Å². The van der Waals surface area contributed by atoms with Gasteiger partial charge in [0.25, 0.3) is 6.01 Å². The summed E-state index contributed by atoms with van der Waals surface area (Å²) in [5.41, 5.74) is 4.70. The maximum Gasteiger partial charge on any atom is 0.300 e. The Kier molecular flexibility index (Phi) is 3.68. The summed E-state index contributed by atoms with van der Waals surface area (Å²) in [4.78, 5) is 4.72. The van der Waals surface area contributed by atoms with Crippen molar-refractivity contribution < 1.29 is 4.42 Å². The monoisotopic (exact) mass is 352 g/mol. The van der Waals surface area contributed by atoms with Gasteiger partial charge in [-0.2, -0.15) is 10.1 Å². The third-order valence-corrected chi connectivity index (χ3v) is 4.40. The van der Waals surface area contributed by atoms with Gasteiger partial charge < -0.3 is 9.73 Å². The minimum Gasteiger partial charge on any atom is -0.423 e. The van der Waals surface area contributed by atoms with Crippen LogP contribution < -0.4 is 5.32 Å². The number of oxazole rings is 1. The first-order valence-corrected chi connectivity index (χ1v) is 8.69. The Morgan fingerprint density at radius 1 is 0.815 bits per heavy atom. The van der Waals surface area contributed by atoms with Crippen LogP contribution in [0.1, 0.15) is 0 Å². The van der Waals surface area contributed by atoms with Crippen molar-refractivity contribution in [2.45, 2.75) is 0 Å². The van der Waals surface area contributed by atoms with Gasteiger partial charge in [0.1, 0.15) is 5.69 Å². The van der Waals surface area contributed by atoms with E-state index in [1.54, 1.807) is 6.20 Å². The van der Waals surface area contributed by atoms with Gasteiger partial charge >= 0.3 is 0 Å². The molecule has 0 amide bonds. The molecule has 0 aliphatic heterocycles. The Balaban J connectivity index is 1.58. The number of nitrogens with one attached hydrogen (secondary N) is 2. The van der Waals surface area contributed by atoms with E-state index in [0.29, 0.717) is 6.01 Å². The molecule has 0 unspecified atom stereocenters. The van der Waals surface area contributed by atoms with Crippen LogP contribution in [0.25, 0.3) is 33.5 Å². The summed E-state index contributed by atoms with van der Waals surface area (Å²) < 4.78 is 6.11. The molecule has 0 bridgehead atoms. The second kappa shape index (κ2) is 6.46. The van der Waals surface area contributed by atoms with Gasteiger partial charge in [-0.15, -0.1) is 0 Å². The topological polar surface area (TPSA) is 66.7 Å². The number of fused-ring (bicyclic) bond motifs is 1. The van der Waals surface area contributed by atoms with Crippen molar-refractivity contribution in [2.75, 3.05) is 5.32 Å². The number of aromatic amines is 1. The van der Waals surface area contributed by atoms with E-state index in [0.717, 1.165) is 39.2 Å². The van der Waals surface area contributed by atoms with Crippen LogP contribution in [0.2, 0.25) is 0 Å². The summed E-state index contributed by atoms with van der Waals surface area (Å²) >= 11 is 0. The van der Waals surface area contributed by atoms with Gasteiger partial charge in [-0.25, -0.2) is 0 Å². The van der Waals surface area contributed by atoms with Gasteiger partial charge in [0, 0.05) is 22.2 Å². The maximum atomic E-state index is 6.11. The number of anilines is 2. The quantitative estimate of drug-likeness (QED) is 0.440. The SMILES string of the molecule is c1ccc(-c2nc(Nc3ccc4[nH]ncc4c3)oc2-c2ccccc2)cc1. The lowest BCUT2D eigenvalue weighted by atomic mass is 10.1. The fourth-order valence-electron chi connectivity index (χ4n) is 3.09. The number of nitrogens with zero attached hydrogens (tertiary/aromatic N) is 2. The lowest BCUT2D eigenvalue weighted by molar-refractivity contribution is 0.592. The molecule has 130 valence electrons. The minimum atomic E-state index is 0.454. The van der Waals surface area contributed by atoms with Crippen LogP contribution in [0, 0.1) is 0 Å². The van der Waals surface area contributed by atoms with Crippen LogP contribution in [0.4, 0.5) is 11.7 Å². The number of benzene rings is 3. The van der Waals surface area contributed by atoms with Crippen molar-refractivity contribution in [1.82, 2.24) is 15.2 Å². The molecule has 0 saturated heterocycles. The Bertz CT molecular complexity index is 1140. The molecule has 5 nitrogen and oxygen atoms in total. The van der Waals surface area contributed by atoms with Crippen molar-refractivity contribution in [3.8, 4) is 22.6 Å². The third kappa shape index (κ3) is 2.95. The molecule has 0 spiro atoms. The molecule has 5 aromatic rings. The van der Waals surface area contributed by atoms with Crippen molar-refractivity contribution >= 4 is 22.6 Å². The molecule has 5 heteroatoms. The predicted molar refractivity (Wildman–Crippen MR) is 107 cm³/mol. The molecular weight excluding hydrogens is 336 g/mol. The fraction of sp³-hybridized carbons (Fsp3) is 0. The predicted octanol–water partition coefficient (Wildman–Crippen LogP) is 5.63. The summed E-state index contributed by atoms with van der Waals surface area (Å²) in [7, 11) is 0. The van der Waals surface area contributed by atoms with Gasteiger partial charge in [0.05, 0.1) is 11.7 Å². The molecule has 0 aliphatic rings. The van der Waals surface area contributed by atoms with Gasteiger partial charge in [-0.3, -0.25) is 5.10 Å². The van der Waals surface area contributed by atoms with Crippen molar-refractivity contribution in [3.63, 3.8) is 0 Å². The number of hydrogen-bond acceptors (Lipinski definition) is 4. The van der Waals surface area contributed by atoms with Crippen LogP contribution in [0.5, 0.6) is 0 Å². The minimum absolute atomic E-state index is 0.454. The number of H-pyrrole nitrogens is 1. The van der Waals surface area contributed by atoms with E-state index in [1.165, 1.54) is 0 Å². The van der Waals surface area contributed by atoms with E-state index in [2.05, 4.69) is 15.5 Å². The molecule has 0 fully saturated rings. The highest BCUT2D eigenvalue weighted by atomic mass is 16.4. The van der Waals surface area contributed by atoms with Crippen LogP contribution >= 0.6 is 0 Å². The van der Waals surface area contributed by atoms with Crippen molar-refractivity contribution in [3.05, 3.63) is 85.1 Å². The van der Waals surface area contributed by atoms with Gasteiger partial charge in [0.15, 0.2) is 5.76 Å². The maximum absolute atomic E-state index is 6.11. The fourth-order valence-corrected chi connectivity index (χ4v) is 3.09. The highest BCUT2D eigenvalue weighted by molar-refractivity contribution is 5.83. The molecule has 2 aromatic heterocycles. The molecule has 27 heavy (non-hydrogen) atoms. The summed E-state index contributed by atoms with van der Waals surface area (Å²) in [6.07, 6.45) is 1.79. The molecule has 0 atom stereocenters. The summed E-state index contributed by atoms with van der Waals surface area (Å²) in [6.45, 7) is 0. The highest BCUT2D eigenvalue weighted by Gasteiger charge is 2.17. The Morgan fingerprint density at radius 2 is 1.56 bits per heavy atom. The van der Waals surface area contributed by atoms with Crippen LogP contribution in [0.3, 0.4) is 0 Å². The van der Waals surface area contributed by atoms with Crippen LogP contribution in [-0.4, -0.2) is 15.2 Å². The zero-order valence-electron chi connectivity index (χ0n) is 14.4. The van der Waals surface area contributed by atoms with Crippen molar-refractivity contribution in [2.24, 2.45) is 0 Å². The molecule has 2 N–H and O–H groups in total. The van der Waals surface area contributed by atoms with E-state index in [1.807, 2.05) is 78.9 Å². The molecule has 5 rings (SSSR count). The van der Waals surface area contributed by atoms with Gasteiger partial charge in [-0.1, -0.05) is 60.7 Å². The average Bonchev–Trinajstić information content (AvgIpc) is 3.36. The lowest BCUT2D eigenvalue weighted by Gasteiger charge is -2.01. The molecular formula is C22H16N4O. The summed E-state index contributed by atoms with van der Waals surface area (Å²) in [5, 5.41) is 11.3. The zero-order valence-corrected chi connectivity index (χ0v) is 14.4. The second-order valence-electron chi connectivity index (χ2n) is 6.23. The summed E-state index contributed by atoms with van der Waals surface area (Å²) in [6, 6.07) is 26.5. The molecule has 2 heterocycles. The van der Waals surface area contributed by atoms with E-state index in [-0.39, 0.29) is 0 Å². The first-order valence-electron chi connectivity index (χ1n) is 8.69. The van der Waals surface area contributed by atoms with Crippen molar-refractivity contribution in [1.29, 1.82) is 0 Å². The number of aromatic nitrogens is 3. The van der Waals surface area contributed by atoms with Crippen LogP contribution in [0.15, 0.2) is 89.5 Å². The largest absolute Gasteiger partial charge is 0.423 e. The van der Waals surface area contributed by atoms with Crippen LogP contribution in [-0.2, 0) is 0 Å². The Morgan fingerprint density at radius 3 is 2.33 bits per heavy atom. The van der Waals surface area contributed by atoms with E-state index in [4.69, 9.17) is 9.40 Å². The molecule has 3 aromatic carbocycles. The normalized spacial score (nSPS) is 11.0. The number of rotatable bonds is 4. The second-order valence-corrected chi connectivity index (χ2v) is 6.23. The smallest absolute Gasteiger partial charge is 0.300 e. The molecule has 0 aliphatic carbocycles. The first-order chi connectivity index (χ1) is 13.4. The van der Waals surface area contributed by atoms with Gasteiger partial charge in [-0.05, 0) is 18.2 Å². The lowest BCUT2D eigenvalue weighted by Crippen LogP contribution is -1.90. The third-order valence-electron chi connectivity index (χ3n) is 4.40. The molecule has 0 radical (unpaired) electrons. The number of hydrogen-bond donors (Lipinski definition) is 2. The average molecular weight is 352 g/mol. The first kappa shape index (κ1) is 15.4. The standard InChI is InChI=1S/C22H16N4O/c1-3-7-15(8-4-1)20-21(16-9-5-2-6-10-16)27-22(25-20)24-18-11-12-19-17(13-18)14-23-26-19/h1-14H,(H,23,26)(H,24,25). The Hall–Kier alpha value is -3.86. The molecule has 0 saturated carbocycles. The highest BCUT2D eigenvalue weighted by Crippen LogP contribution is 2.35. The summed E-state index contributed by atoms with van der Waals surface area (Å²) in [5.74, 6) is 0.744. The zero-order chi connectivity index (χ0) is 18.1. The van der Waals surface area contributed by atoms with Gasteiger partial charge in [0.2, 0.25) is 0 Å².